The molecular formula is C26H30N2. The normalized spacial score (nSPS) is 42.0. The van der Waals surface area contributed by atoms with Gasteiger partial charge in [-0.3, -0.25) is 4.90 Å². The molecule has 0 N–H and O–H groups in total. The summed E-state index contributed by atoms with van der Waals surface area (Å²) < 4.78 is 0. The Balaban J connectivity index is 1.31. The number of nitriles is 1. The molecule has 0 amide bonds. The summed E-state index contributed by atoms with van der Waals surface area (Å²) in [6.07, 6.45) is 18.6. The van der Waals surface area contributed by atoms with Gasteiger partial charge in [-0.25, -0.2) is 0 Å². The fraction of sp³-hybridized carbons (Fsp3) is 0.500. The van der Waals surface area contributed by atoms with Crippen molar-refractivity contribution >= 4 is 0 Å². The first-order valence-electron chi connectivity index (χ1n) is 10.9. The third-order valence-corrected chi connectivity index (χ3v) is 8.23. The van der Waals surface area contributed by atoms with Gasteiger partial charge in [0.1, 0.15) is 0 Å². The molecule has 28 heavy (non-hydrogen) atoms. The second-order valence-electron chi connectivity index (χ2n) is 9.45. The van der Waals surface area contributed by atoms with E-state index in [1.165, 1.54) is 12.0 Å². The Morgan fingerprint density at radius 3 is 2.68 bits per heavy atom. The van der Waals surface area contributed by atoms with E-state index >= 15 is 0 Å². The van der Waals surface area contributed by atoms with E-state index in [-0.39, 0.29) is 5.41 Å². The van der Waals surface area contributed by atoms with Crippen molar-refractivity contribution in [3.05, 3.63) is 72.4 Å². The van der Waals surface area contributed by atoms with Crippen molar-refractivity contribution in [2.75, 3.05) is 13.1 Å². The van der Waals surface area contributed by atoms with E-state index in [1.54, 1.807) is 0 Å². The summed E-state index contributed by atoms with van der Waals surface area (Å²) in [5, 5.41) is 10.0. The second kappa shape index (κ2) is 6.75. The molecule has 2 fully saturated rings. The number of hydrogen-bond acceptors (Lipinski definition) is 2. The number of benzene rings is 1. The van der Waals surface area contributed by atoms with Crippen LogP contribution in [0.15, 0.2) is 66.8 Å². The van der Waals surface area contributed by atoms with Crippen LogP contribution < -0.4 is 0 Å². The topological polar surface area (TPSA) is 27.0 Å². The number of allylic oxidation sites excluding steroid dienone is 6. The monoisotopic (exact) mass is 370 g/mol. The van der Waals surface area contributed by atoms with Crippen LogP contribution >= 0.6 is 0 Å². The molecule has 0 bridgehead atoms. The molecule has 4 aliphatic rings. The lowest BCUT2D eigenvalue weighted by molar-refractivity contribution is 0.0259. The third-order valence-electron chi connectivity index (χ3n) is 8.23. The van der Waals surface area contributed by atoms with Crippen molar-refractivity contribution in [1.82, 2.24) is 4.90 Å². The minimum atomic E-state index is -0.292. The molecular weight excluding hydrogens is 340 g/mol. The van der Waals surface area contributed by atoms with Crippen LogP contribution in [0.3, 0.4) is 0 Å². The zero-order valence-electron chi connectivity index (χ0n) is 16.8. The molecule has 1 aromatic carbocycles. The highest BCUT2D eigenvalue weighted by Crippen LogP contribution is 2.54. The van der Waals surface area contributed by atoms with Crippen molar-refractivity contribution in [2.45, 2.75) is 44.1 Å². The molecule has 2 nitrogen and oxygen atoms in total. The fourth-order valence-corrected chi connectivity index (χ4v) is 6.53. The van der Waals surface area contributed by atoms with Gasteiger partial charge in [0.2, 0.25) is 0 Å². The number of rotatable bonds is 2. The highest BCUT2D eigenvalue weighted by molar-refractivity contribution is 5.35. The second-order valence-corrected chi connectivity index (χ2v) is 9.45. The van der Waals surface area contributed by atoms with Crippen LogP contribution in [0, 0.1) is 34.5 Å². The van der Waals surface area contributed by atoms with Gasteiger partial charge in [0.25, 0.3) is 0 Å². The van der Waals surface area contributed by atoms with E-state index in [0.29, 0.717) is 29.2 Å². The van der Waals surface area contributed by atoms with E-state index in [0.717, 1.165) is 32.4 Å². The first-order valence-corrected chi connectivity index (χ1v) is 10.9. The summed E-state index contributed by atoms with van der Waals surface area (Å²) in [6, 6.07) is 13.7. The highest BCUT2D eigenvalue weighted by atomic mass is 15.2. The maximum Gasteiger partial charge on any atom is 0.0837 e. The lowest BCUT2D eigenvalue weighted by Gasteiger charge is -2.49. The molecule has 4 unspecified atom stereocenters. The molecule has 144 valence electrons. The van der Waals surface area contributed by atoms with E-state index < -0.39 is 0 Å². The molecule has 3 aliphatic carbocycles. The zero-order valence-corrected chi connectivity index (χ0v) is 16.8. The smallest absolute Gasteiger partial charge is 0.0837 e. The van der Waals surface area contributed by atoms with Crippen LogP contribution in [0.1, 0.15) is 38.2 Å². The summed E-state index contributed by atoms with van der Waals surface area (Å²) in [7, 11) is 0. The van der Waals surface area contributed by atoms with Crippen molar-refractivity contribution in [1.29, 1.82) is 5.26 Å². The first kappa shape index (κ1) is 18.0. The van der Waals surface area contributed by atoms with E-state index in [9.17, 15) is 5.26 Å². The van der Waals surface area contributed by atoms with Gasteiger partial charge in [-0.1, -0.05) is 73.7 Å². The van der Waals surface area contributed by atoms with Gasteiger partial charge in [-0.2, -0.15) is 5.26 Å². The Morgan fingerprint density at radius 1 is 1.07 bits per heavy atom. The number of hydrogen-bond donors (Lipinski definition) is 0. The lowest BCUT2D eigenvalue weighted by atomic mass is 9.62. The van der Waals surface area contributed by atoms with E-state index in [4.69, 9.17) is 0 Å². The van der Waals surface area contributed by atoms with Crippen LogP contribution in [0.4, 0.5) is 0 Å². The zero-order chi connectivity index (χ0) is 19.2. The summed E-state index contributed by atoms with van der Waals surface area (Å²) in [4.78, 5) is 2.71. The maximum atomic E-state index is 10.0. The van der Waals surface area contributed by atoms with Gasteiger partial charge in [-0.05, 0) is 49.6 Å². The number of fused-ring (bicyclic) bond motifs is 2. The molecule has 0 radical (unpaired) electrons. The highest BCUT2D eigenvalue weighted by Gasteiger charge is 2.51. The first-order chi connectivity index (χ1) is 13.7. The fourth-order valence-electron chi connectivity index (χ4n) is 6.53. The Morgan fingerprint density at radius 2 is 1.89 bits per heavy atom. The largest absolute Gasteiger partial charge is 0.300 e. The van der Waals surface area contributed by atoms with Crippen LogP contribution in [-0.2, 0) is 5.41 Å². The van der Waals surface area contributed by atoms with Crippen LogP contribution in [0.25, 0.3) is 0 Å². The van der Waals surface area contributed by atoms with Gasteiger partial charge in [0.05, 0.1) is 11.5 Å². The predicted octanol–water partition coefficient (Wildman–Crippen LogP) is 5.26. The number of likely N-dealkylation sites (tertiary alicyclic amines) is 1. The van der Waals surface area contributed by atoms with Crippen molar-refractivity contribution in [3.63, 3.8) is 0 Å². The molecule has 1 spiro atoms. The maximum absolute atomic E-state index is 10.0. The Kier molecular flexibility index (Phi) is 4.33. The number of nitrogens with zero attached hydrogens (tertiary/aromatic N) is 2. The Hall–Kier alpha value is -2.11. The lowest BCUT2D eigenvalue weighted by Crippen LogP contribution is -2.51. The molecule has 1 saturated carbocycles. The quantitative estimate of drug-likeness (QED) is 0.664. The van der Waals surface area contributed by atoms with Crippen LogP contribution in [0.2, 0.25) is 0 Å². The SMILES string of the molecule is C[C@H]1CN(C2CCC(C#N)(c3ccccc3)C2)CC[C@@]12C=CC1C=CC=CC12. The average Bonchev–Trinajstić information content (AvgIpc) is 3.35. The molecule has 1 aromatic rings. The van der Waals surface area contributed by atoms with E-state index in [2.05, 4.69) is 78.6 Å². The minimum Gasteiger partial charge on any atom is -0.300 e. The average molecular weight is 371 g/mol. The number of piperidine rings is 1. The molecule has 1 saturated heterocycles. The van der Waals surface area contributed by atoms with Crippen molar-refractivity contribution in [3.8, 4) is 6.07 Å². The summed E-state index contributed by atoms with van der Waals surface area (Å²) in [6.45, 7) is 4.78. The van der Waals surface area contributed by atoms with Crippen molar-refractivity contribution < 1.29 is 0 Å². The molecule has 5 rings (SSSR count). The molecule has 6 atom stereocenters. The molecule has 1 heterocycles. The van der Waals surface area contributed by atoms with Gasteiger partial charge in [0.15, 0.2) is 0 Å². The van der Waals surface area contributed by atoms with Gasteiger partial charge >= 0.3 is 0 Å². The summed E-state index contributed by atoms with van der Waals surface area (Å²) in [5.74, 6) is 1.88. The van der Waals surface area contributed by atoms with Gasteiger partial charge < -0.3 is 0 Å². The summed E-state index contributed by atoms with van der Waals surface area (Å²) >= 11 is 0. The molecule has 2 heteroatoms. The molecule has 0 aromatic heterocycles. The summed E-state index contributed by atoms with van der Waals surface area (Å²) in [5.41, 5.74) is 1.24. The minimum absolute atomic E-state index is 0.292. The van der Waals surface area contributed by atoms with Crippen molar-refractivity contribution in [2.24, 2.45) is 23.2 Å². The van der Waals surface area contributed by atoms with E-state index in [1.807, 2.05) is 6.07 Å². The van der Waals surface area contributed by atoms with Gasteiger partial charge in [-0.15, -0.1) is 0 Å². The predicted molar refractivity (Wildman–Crippen MR) is 114 cm³/mol. The standard InChI is InChI=1S/C26H30N2/c1-20-18-28(16-15-26(20)14-11-21-7-5-6-10-24(21)26)23-12-13-25(17-23,19-27)22-8-3-2-4-9-22/h2-11,14,20-21,23-24H,12-13,15-18H2,1H3/t20-,21?,23?,24?,25?,26-/m0/s1. The Bertz CT molecular complexity index is 860. The van der Waals surface area contributed by atoms with Crippen LogP contribution in [0.5, 0.6) is 0 Å². The Labute approximate surface area is 169 Å². The third kappa shape index (κ3) is 2.64. The van der Waals surface area contributed by atoms with Gasteiger partial charge in [0, 0.05) is 23.9 Å². The van der Waals surface area contributed by atoms with Crippen LogP contribution in [-0.4, -0.2) is 24.0 Å². The molecule has 1 aliphatic heterocycles.